The first kappa shape index (κ1) is 10.8. The third kappa shape index (κ3) is 1.63. The fraction of sp³-hybridized carbons (Fsp3) is 0.500. The molecule has 4 rings (SSSR count). The maximum Gasteiger partial charge on any atom is 0.146 e. The average Bonchev–Trinajstić information content (AvgIpc) is 3.05. The highest BCUT2D eigenvalue weighted by molar-refractivity contribution is 7.17. The average molecular weight is 259 g/mol. The Bertz CT molecular complexity index is 565. The molecule has 0 spiro atoms. The summed E-state index contributed by atoms with van der Waals surface area (Å²) in [6, 6.07) is 5.06. The van der Waals surface area contributed by atoms with Crippen LogP contribution < -0.4 is 4.90 Å². The standard InChI is InChI=1S/C14H17N3S/c1-2-12-10-17(8-7-16(12)6-1)14-13-11(3-5-15-14)4-9-18-13/h3-5,9,12H,1-2,6-8,10H2/t12-/m1/s1. The van der Waals surface area contributed by atoms with Crippen molar-refractivity contribution in [2.45, 2.75) is 18.9 Å². The Kier molecular flexibility index (Phi) is 2.52. The number of hydrogen-bond acceptors (Lipinski definition) is 4. The van der Waals surface area contributed by atoms with E-state index in [1.165, 1.54) is 41.8 Å². The van der Waals surface area contributed by atoms with Gasteiger partial charge in [0.25, 0.3) is 0 Å². The zero-order valence-electron chi connectivity index (χ0n) is 10.4. The zero-order chi connectivity index (χ0) is 11.9. The number of pyridine rings is 1. The van der Waals surface area contributed by atoms with Gasteiger partial charge in [0.1, 0.15) is 5.82 Å². The summed E-state index contributed by atoms with van der Waals surface area (Å²) in [5.74, 6) is 1.20. The second kappa shape index (κ2) is 4.21. The predicted octanol–water partition coefficient (Wildman–Crippen LogP) is 2.58. The Morgan fingerprint density at radius 2 is 2.22 bits per heavy atom. The molecule has 0 unspecified atom stereocenters. The van der Waals surface area contributed by atoms with E-state index in [0.717, 1.165) is 19.1 Å². The summed E-state index contributed by atoms with van der Waals surface area (Å²) in [5, 5.41) is 3.50. The highest BCUT2D eigenvalue weighted by Gasteiger charge is 2.31. The maximum absolute atomic E-state index is 4.63. The number of rotatable bonds is 1. The van der Waals surface area contributed by atoms with Crippen LogP contribution in [0.2, 0.25) is 0 Å². The highest BCUT2D eigenvalue weighted by Crippen LogP contribution is 2.32. The van der Waals surface area contributed by atoms with Gasteiger partial charge in [0.15, 0.2) is 0 Å². The molecule has 0 aliphatic carbocycles. The molecule has 2 aliphatic rings. The van der Waals surface area contributed by atoms with E-state index in [2.05, 4.69) is 32.3 Å². The first-order valence-corrected chi connectivity index (χ1v) is 7.61. The molecule has 2 saturated heterocycles. The van der Waals surface area contributed by atoms with Crippen molar-refractivity contribution in [3.63, 3.8) is 0 Å². The molecular weight excluding hydrogens is 242 g/mol. The minimum absolute atomic E-state index is 0.760. The van der Waals surface area contributed by atoms with E-state index in [9.17, 15) is 0 Å². The first-order valence-electron chi connectivity index (χ1n) is 6.73. The smallest absolute Gasteiger partial charge is 0.146 e. The molecule has 0 N–H and O–H groups in total. The van der Waals surface area contributed by atoms with E-state index >= 15 is 0 Å². The minimum atomic E-state index is 0.760. The SMILES string of the molecule is c1cc2ccsc2c(N2CCN3CCC[C@@H]3C2)n1. The molecule has 18 heavy (non-hydrogen) atoms. The van der Waals surface area contributed by atoms with Crippen molar-refractivity contribution in [3.8, 4) is 0 Å². The summed E-state index contributed by atoms with van der Waals surface area (Å²) >= 11 is 1.82. The maximum atomic E-state index is 4.63. The molecular formula is C14H17N3S. The number of fused-ring (bicyclic) bond motifs is 2. The van der Waals surface area contributed by atoms with E-state index < -0.39 is 0 Å². The third-order valence-corrected chi connectivity index (χ3v) is 5.16. The molecule has 4 heterocycles. The minimum Gasteiger partial charge on any atom is -0.353 e. The molecule has 2 aromatic heterocycles. The van der Waals surface area contributed by atoms with E-state index in [-0.39, 0.29) is 0 Å². The molecule has 0 bridgehead atoms. The summed E-state index contributed by atoms with van der Waals surface area (Å²) in [6.45, 7) is 4.79. The van der Waals surface area contributed by atoms with Gasteiger partial charge in [0, 0.05) is 31.9 Å². The van der Waals surface area contributed by atoms with Crippen LogP contribution in [0.1, 0.15) is 12.8 Å². The van der Waals surface area contributed by atoms with Crippen LogP contribution in [0.15, 0.2) is 23.7 Å². The van der Waals surface area contributed by atoms with Crippen molar-refractivity contribution < 1.29 is 0 Å². The van der Waals surface area contributed by atoms with Crippen molar-refractivity contribution in [2.75, 3.05) is 31.1 Å². The van der Waals surface area contributed by atoms with Gasteiger partial charge in [-0.3, -0.25) is 4.90 Å². The second-order valence-electron chi connectivity index (χ2n) is 5.25. The van der Waals surface area contributed by atoms with Crippen molar-refractivity contribution in [1.82, 2.24) is 9.88 Å². The summed E-state index contributed by atoms with van der Waals surface area (Å²) in [4.78, 5) is 9.77. The fourth-order valence-electron chi connectivity index (χ4n) is 3.29. The Morgan fingerprint density at radius 3 is 3.22 bits per heavy atom. The molecule has 0 aromatic carbocycles. The number of hydrogen-bond donors (Lipinski definition) is 0. The second-order valence-corrected chi connectivity index (χ2v) is 6.17. The van der Waals surface area contributed by atoms with Crippen LogP contribution in [0.3, 0.4) is 0 Å². The molecule has 1 atom stereocenters. The van der Waals surface area contributed by atoms with Crippen LogP contribution in [0, 0.1) is 0 Å². The van der Waals surface area contributed by atoms with Crippen LogP contribution in [0.5, 0.6) is 0 Å². The fourth-order valence-corrected chi connectivity index (χ4v) is 4.20. The normalized spacial score (nSPS) is 24.7. The largest absolute Gasteiger partial charge is 0.353 e. The van der Waals surface area contributed by atoms with E-state index in [1.54, 1.807) is 0 Å². The van der Waals surface area contributed by atoms with Gasteiger partial charge in [0.2, 0.25) is 0 Å². The molecule has 0 amide bonds. The summed E-state index contributed by atoms with van der Waals surface area (Å²) < 4.78 is 1.35. The van der Waals surface area contributed by atoms with Gasteiger partial charge in [-0.05, 0) is 42.3 Å². The van der Waals surface area contributed by atoms with Gasteiger partial charge in [-0.15, -0.1) is 11.3 Å². The van der Waals surface area contributed by atoms with Crippen molar-refractivity contribution in [3.05, 3.63) is 23.7 Å². The highest BCUT2D eigenvalue weighted by atomic mass is 32.1. The molecule has 2 aliphatic heterocycles. The molecule has 2 fully saturated rings. The molecule has 0 saturated carbocycles. The van der Waals surface area contributed by atoms with Gasteiger partial charge in [0.05, 0.1) is 4.70 Å². The van der Waals surface area contributed by atoms with Crippen LogP contribution in [-0.2, 0) is 0 Å². The lowest BCUT2D eigenvalue weighted by Crippen LogP contribution is -2.50. The van der Waals surface area contributed by atoms with Gasteiger partial charge in [-0.2, -0.15) is 0 Å². The van der Waals surface area contributed by atoms with Crippen LogP contribution in [0.4, 0.5) is 5.82 Å². The van der Waals surface area contributed by atoms with Crippen molar-refractivity contribution in [2.24, 2.45) is 0 Å². The van der Waals surface area contributed by atoms with Gasteiger partial charge in [-0.25, -0.2) is 4.98 Å². The number of piperazine rings is 1. The lowest BCUT2D eigenvalue weighted by atomic mass is 10.1. The van der Waals surface area contributed by atoms with Gasteiger partial charge in [-0.1, -0.05) is 0 Å². The predicted molar refractivity (Wildman–Crippen MR) is 76.4 cm³/mol. The summed E-state index contributed by atoms with van der Waals surface area (Å²) in [7, 11) is 0. The van der Waals surface area contributed by atoms with Crippen LogP contribution in [-0.4, -0.2) is 42.1 Å². The Morgan fingerprint density at radius 1 is 1.22 bits per heavy atom. The Hall–Kier alpha value is -1.13. The summed E-state index contributed by atoms with van der Waals surface area (Å²) in [6.07, 6.45) is 4.68. The third-order valence-electron chi connectivity index (χ3n) is 4.24. The van der Waals surface area contributed by atoms with Crippen LogP contribution >= 0.6 is 11.3 Å². The monoisotopic (exact) mass is 259 g/mol. The Balaban J connectivity index is 1.68. The van der Waals surface area contributed by atoms with Gasteiger partial charge < -0.3 is 4.90 Å². The van der Waals surface area contributed by atoms with Crippen LogP contribution in [0.25, 0.3) is 10.1 Å². The molecule has 3 nitrogen and oxygen atoms in total. The molecule has 94 valence electrons. The number of thiophene rings is 1. The van der Waals surface area contributed by atoms with Gasteiger partial charge >= 0.3 is 0 Å². The number of nitrogens with zero attached hydrogens (tertiary/aromatic N) is 3. The molecule has 0 radical (unpaired) electrons. The van der Waals surface area contributed by atoms with E-state index in [4.69, 9.17) is 0 Å². The topological polar surface area (TPSA) is 19.4 Å². The van der Waals surface area contributed by atoms with E-state index in [1.807, 2.05) is 17.5 Å². The quantitative estimate of drug-likeness (QED) is 0.784. The molecule has 4 heteroatoms. The number of aromatic nitrogens is 1. The van der Waals surface area contributed by atoms with Crippen molar-refractivity contribution >= 4 is 27.2 Å². The first-order chi connectivity index (χ1) is 8.92. The summed E-state index contributed by atoms with van der Waals surface area (Å²) in [5.41, 5.74) is 0. The molecule has 2 aromatic rings. The Labute approximate surface area is 111 Å². The van der Waals surface area contributed by atoms with E-state index in [0.29, 0.717) is 0 Å². The number of anilines is 1. The zero-order valence-corrected chi connectivity index (χ0v) is 11.2. The lowest BCUT2D eigenvalue weighted by Gasteiger charge is -2.38. The van der Waals surface area contributed by atoms with Crippen molar-refractivity contribution in [1.29, 1.82) is 0 Å². The lowest BCUT2D eigenvalue weighted by molar-refractivity contribution is 0.230.